The summed E-state index contributed by atoms with van der Waals surface area (Å²) in [5, 5.41) is 10.8. The van der Waals surface area contributed by atoms with Gasteiger partial charge in [0.15, 0.2) is 0 Å². The zero-order valence-corrected chi connectivity index (χ0v) is 11.4. The van der Waals surface area contributed by atoms with Gasteiger partial charge in [-0.05, 0) is 25.0 Å². The second-order valence-electron chi connectivity index (χ2n) is 4.26. The summed E-state index contributed by atoms with van der Waals surface area (Å²) in [4.78, 5) is 23.4. The molecule has 5 nitrogen and oxygen atoms in total. The number of halogens is 2. The number of carbonyl (C=O) groups excluding carboxylic acids is 2. The van der Waals surface area contributed by atoms with E-state index >= 15 is 0 Å². The first-order valence-electron chi connectivity index (χ1n) is 6.19. The number of unbranched alkanes of at least 4 members (excludes halogenated alkanes) is 1. The number of benzene rings is 1. The van der Waals surface area contributed by atoms with Gasteiger partial charge in [-0.1, -0.05) is 0 Å². The van der Waals surface area contributed by atoms with Gasteiger partial charge in [0.25, 0.3) is 5.91 Å². The van der Waals surface area contributed by atoms with Gasteiger partial charge in [0, 0.05) is 18.1 Å². The summed E-state index contributed by atoms with van der Waals surface area (Å²) in [5.74, 6) is -3.25. The lowest BCUT2D eigenvalue weighted by Gasteiger charge is -2.16. The number of amides is 1. The predicted molar refractivity (Wildman–Crippen MR) is 69.1 cm³/mol. The summed E-state index contributed by atoms with van der Waals surface area (Å²) >= 11 is 0. The van der Waals surface area contributed by atoms with Gasteiger partial charge in [0.2, 0.25) is 0 Å². The molecule has 0 heterocycles. The molecule has 0 aliphatic heterocycles. The van der Waals surface area contributed by atoms with Crippen LogP contribution >= 0.6 is 0 Å². The van der Waals surface area contributed by atoms with Crippen LogP contribution in [0.15, 0.2) is 18.2 Å². The Morgan fingerprint density at radius 1 is 1.33 bits per heavy atom. The molecule has 21 heavy (non-hydrogen) atoms. The number of carbonyl (C=O) groups is 2. The van der Waals surface area contributed by atoms with Crippen LogP contribution in [0, 0.1) is 23.0 Å². The van der Waals surface area contributed by atoms with Crippen LogP contribution in [0.1, 0.15) is 29.6 Å². The Balaban J connectivity index is 2.79. The number of rotatable bonds is 6. The van der Waals surface area contributed by atoms with E-state index in [9.17, 15) is 18.4 Å². The van der Waals surface area contributed by atoms with Crippen molar-refractivity contribution in [3.05, 3.63) is 35.4 Å². The highest BCUT2D eigenvalue weighted by molar-refractivity contribution is 5.96. The third-order valence-corrected chi connectivity index (χ3v) is 2.70. The van der Waals surface area contributed by atoms with E-state index in [2.05, 4.69) is 10.1 Å². The molecular formula is C14H14F2N2O3. The fourth-order valence-corrected chi connectivity index (χ4v) is 1.70. The fraction of sp³-hybridized carbons (Fsp3) is 0.357. The maximum atomic E-state index is 13.1. The Morgan fingerprint density at radius 2 is 1.95 bits per heavy atom. The molecule has 0 spiro atoms. The smallest absolute Gasteiger partial charge is 0.328 e. The van der Waals surface area contributed by atoms with Crippen molar-refractivity contribution in [1.29, 1.82) is 5.26 Å². The standard InChI is InChI=1S/C14H14F2N2O3/c1-21-14(20)12(4-2-3-5-17)18-13(19)9-6-10(15)8-11(16)7-9/h6-8,12H,2-4H2,1H3,(H,18,19)/t12-/m0/s1. The summed E-state index contributed by atoms with van der Waals surface area (Å²) in [6, 6.07) is 3.31. The van der Waals surface area contributed by atoms with Crippen LogP contribution in [0.4, 0.5) is 8.78 Å². The molecule has 1 atom stereocenters. The highest BCUT2D eigenvalue weighted by atomic mass is 19.1. The summed E-state index contributed by atoms with van der Waals surface area (Å²) in [6.45, 7) is 0. The lowest BCUT2D eigenvalue weighted by Crippen LogP contribution is -2.41. The molecule has 0 aliphatic carbocycles. The number of hydrogen-bond donors (Lipinski definition) is 1. The van der Waals surface area contributed by atoms with E-state index in [1.807, 2.05) is 6.07 Å². The first-order valence-corrected chi connectivity index (χ1v) is 6.19. The Kier molecular flexibility index (Phi) is 6.27. The monoisotopic (exact) mass is 296 g/mol. The Morgan fingerprint density at radius 3 is 2.48 bits per heavy atom. The molecule has 1 rings (SSSR count). The van der Waals surface area contributed by atoms with Crippen molar-refractivity contribution in [2.75, 3.05) is 7.11 Å². The molecule has 1 amide bonds. The zero-order chi connectivity index (χ0) is 15.8. The zero-order valence-electron chi connectivity index (χ0n) is 11.4. The van der Waals surface area contributed by atoms with Gasteiger partial charge in [-0.2, -0.15) is 5.26 Å². The summed E-state index contributed by atoms with van der Waals surface area (Å²) in [6.07, 6.45) is 0.801. The van der Waals surface area contributed by atoms with E-state index in [4.69, 9.17) is 5.26 Å². The molecule has 0 aliphatic rings. The number of methoxy groups -OCH3 is 1. The van der Waals surface area contributed by atoms with Gasteiger partial charge in [-0.25, -0.2) is 13.6 Å². The number of ether oxygens (including phenoxy) is 1. The van der Waals surface area contributed by atoms with Gasteiger partial charge < -0.3 is 10.1 Å². The Labute approximate surface area is 120 Å². The van der Waals surface area contributed by atoms with Crippen molar-refractivity contribution in [1.82, 2.24) is 5.32 Å². The van der Waals surface area contributed by atoms with E-state index in [-0.39, 0.29) is 18.4 Å². The van der Waals surface area contributed by atoms with Crippen LogP contribution in [0.2, 0.25) is 0 Å². The average Bonchev–Trinajstić information content (AvgIpc) is 2.44. The molecule has 1 aromatic carbocycles. The average molecular weight is 296 g/mol. The van der Waals surface area contributed by atoms with Crippen molar-refractivity contribution in [2.45, 2.75) is 25.3 Å². The molecule has 0 saturated heterocycles. The van der Waals surface area contributed by atoms with Crippen LogP contribution in [-0.2, 0) is 9.53 Å². The first-order chi connectivity index (χ1) is 9.97. The van der Waals surface area contributed by atoms with Gasteiger partial charge in [0.05, 0.1) is 13.2 Å². The quantitative estimate of drug-likeness (QED) is 0.642. The number of esters is 1. The molecule has 0 fully saturated rings. The maximum absolute atomic E-state index is 13.1. The highest BCUT2D eigenvalue weighted by Gasteiger charge is 2.22. The van der Waals surface area contributed by atoms with E-state index < -0.39 is 29.6 Å². The molecule has 0 bridgehead atoms. The fourth-order valence-electron chi connectivity index (χ4n) is 1.70. The molecular weight excluding hydrogens is 282 g/mol. The van der Waals surface area contributed by atoms with Gasteiger partial charge in [0.1, 0.15) is 17.7 Å². The van der Waals surface area contributed by atoms with Crippen LogP contribution in [0.5, 0.6) is 0 Å². The minimum Gasteiger partial charge on any atom is -0.467 e. The largest absolute Gasteiger partial charge is 0.467 e. The number of nitrogens with one attached hydrogen (secondary N) is 1. The van der Waals surface area contributed by atoms with Gasteiger partial charge in [-0.15, -0.1) is 0 Å². The summed E-state index contributed by atoms with van der Waals surface area (Å²) in [7, 11) is 1.16. The second-order valence-corrected chi connectivity index (χ2v) is 4.26. The van der Waals surface area contributed by atoms with Crippen molar-refractivity contribution in [2.24, 2.45) is 0 Å². The minimum absolute atomic E-state index is 0.198. The lowest BCUT2D eigenvalue weighted by atomic mass is 10.1. The number of hydrogen-bond acceptors (Lipinski definition) is 4. The van der Waals surface area contributed by atoms with Crippen LogP contribution in [-0.4, -0.2) is 25.0 Å². The van der Waals surface area contributed by atoms with Crippen molar-refractivity contribution in [3.8, 4) is 6.07 Å². The molecule has 0 saturated carbocycles. The number of nitrogens with zero attached hydrogens (tertiary/aromatic N) is 1. The molecule has 1 aromatic rings. The minimum atomic E-state index is -0.970. The first kappa shape index (κ1) is 16.6. The van der Waals surface area contributed by atoms with E-state index in [1.165, 1.54) is 0 Å². The molecule has 1 N–H and O–H groups in total. The summed E-state index contributed by atoms with van der Waals surface area (Å²) in [5.41, 5.74) is -0.235. The van der Waals surface area contributed by atoms with Crippen molar-refractivity contribution < 1.29 is 23.1 Å². The van der Waals surface area contributed by atoms with E-state index in [1.54, 1.807) is 0 Å². The second kappa shape index (κ2) is 7.94. The van der Waals surface area contributed by atoms with E-state index in [0.29, 0.717) is 12.5 Å². The van der Waals surface area contributed by atoms with Crippen molar-refractivity contribution >= 4 is 11.9 Å². The molecule has 0 radical (unpaired) electrons. The highest BCUT2D eigenvalue weighted by Crippen LogP contribution is 2.09. The van der Waals surface area contributed by atoms with Crippen LogP contribution < -0.4 is 5.32 Å². The lowest BCUT2D eigenvalue weighted by molar-refractivity contribution is -0.143. The SMILES string of the molecule is COC(=O)[C@H](CCCC#N)NC(=O)c1cc(F)cc(F)c1. The Bertz CT molecular complexity index is 550. The third kappa shape index (κ3) is 5.18. The van der Waals surface area contributed by atoms with Gasteiger partial charge in [-0.3, -0.25) is 4.79 Å². The maximum Gasteiger partial charge on any atom is 0.328 e. The van der Waals surface area contributed by atoms with Crippen molar-refractivity contribution in [3.63, 3.8) is 0 Å². The molecule has 7 heteroatoms. The van der Waals surface area contributed by atoms with Crippen LogP contribution in [0.3, 0.4) is 0 Å². The van der Waals surface area contributed by atoms with E-state index in [0.717, 1.165) is 19.2 Å². The molecule has 0 unspecified atom stereocenters. The third-order valence-electron chi connectivity index (χ3n) is 2.70. The number of nitriles is 1. The van der Waals surface area contributed by atoms with Gasteiger partial charge >= 0.3 is 5.97 Å². The van der Waals surface area contributed by atoms with Crippen LogP contribution in [0.25, 0.3) is 0 Å². The topological polar surface area (TPSA) is 79.2 Å². The Hall–Kier alpha value is -2.49. The normalized spacial score (nSPS) is 11.3. The predicted octanol–water partition coefficient (Wildman–Crippen LogP) is 1.93. The summed E-state index contributed by atoms with van der Waals surface area (Å²) < 4.78 is 30.6. The molecule has 112 valence electrons. The molecule has 0 aromatic heterocycles.